The minimum absolute atomic E-state index is 0.149. The van der Waals surface area contributed by atoms with Crippen molar-refractivity contribution < 1.29 is 4.39 Å². The van der Waals surface area contributed by atoms with Crippen LogP contribution >= 0.6 is 15.9 Å². The first kappa shape index (κ1) is 16.6. The molecule has 0 saturated heterocycles. The van der Waals surface area contributed by atoms with Crippen molar-refractivity contribution in [1.82, 2.24) is 10.2 Å². The molecule has 0 aromatic heterocycles. The van der Waals surface area contributed by atoms with Crippen LogP contribution in [0.15, 0.2) is 22.7 Å². The molecule has 1 N–H and O–H groups in total. The van der Waals surface area contributed by atoms with Gasteiger partial charge in [0.1, 0.15) is 5.82 Å². The Bertz CT molecular complexity index is 384. The van der Waals surface area contributed by atoms with Crippen molar-refractivity contribution >= 4 is 15.9 Å². The highest BCUT2D eigenvalue weighted by Gasteiger charge is 2.12. The molecular weight excluding hydrogens is 307 g/mol. The van der Waals surface area contributed by atoms with Gasteiger partial charge in [0.15, 0.2) is 0 Å². The zero-order chi connectivity index (χ0) is 14.4. The van der Waals surface area contributed by atoms with Crippen molar-refractivity contribution in [1.29, 1.82) is 0 Å². The third-order valence-corrected chi connectivity index (χ3v) is 3.42. The minimum Gasteiger partial charge on any atom is -0.309 e. The van der Waals surface area contributed by atoms with Crippen molar-refractivity contribution in [3.05, 3.63) is 34.1 Å². The van der Waals surface area contributed by atoms with Crippen LogP contribution in [0.1, 0.15) is 25.8 Å². The Morgan fingerprint density at radius 1 is 1.32 bits per heavy atom. The highest BCUT2D eigenvalue weighted by atomic mass is 79.9. The molecule has 0 spiro atoms. The van der Waals surface area contributed by atoms with Crippen molar-refractivity contribution in [3.8, 4) is 0 Å². The zero-order valence-electron chi connectivity index (χ0n) is 12.2. The van der Waals surface area contributed by atoms with E-state index in [0.717, 1.165) is 17.4 Å². The van der Waals surface area contributed by atoms with Gasteiger partial charge in [0.2, 0.25) is 0 Å². The number of halogens is 2. The molecule has 0 amide bonds. The van der Waals surface area contributed by atoms with Crippen molar-refractivity contribution in [2.24, 2.45) is 5.92 Å². The van der Waals surface area contributed by atoms with E-state index in [1.807, 2.05) is 6.07 Å². The molecule has 1 unspecified atom stereocenters. The Balaban J connectivity index is 2.61. The average molecular weight is 331 g/mol. The Morgan fingerprint density at radius 3 is 2.58 bits per heavy atom. The Morgan fingerprint density at radius 2 is 2.00 bits per heavy atom. The van der Waals surface area contributed by atoms with E-state index >= 15 is 0 Å². The Labute approximate surface area is 124 Å². The lowest BCUT2D eigenvalue weighted by Crippen LogP contribution is -2.39. The maximum absolute atomic E-state index is 13.7. The number of rotatable bonds is 7. The molecule has 1 rings (SSSR count). The lowest BCUT2D eigenvalue weighted by atomic mass is 10.0. The van der Waals surface area contributed by atoms with Gasteiger partial charge in [-0.25, -0.2) is 4.39 Å². The maximum atomic E-state index is 13.7. The van der Waals surface area contributed by atoms with Crippen LogP contribution in [-0.4, -0.2) is 31.6 Å². The third-order valence-electron chi connectivity index (χ3n) is 2.93. The summed E-state index contributed by atoms with van der Waals surface area (Å²) in [7, 11) is 4.13. The third kappa shape index (κ3) is 6.50. The van der Waals surface area contributed by atoms with Crippen LogP contribution in [0.3, 0.4) is 0 Å². The highest BCUT2D eigenvalue weighted by Crippen LogP contribution is 2.16. The molecule has 0 saturated carbocycles. The molecule has 0 aliphatic rings. The monoisotopic (exact) mass is 330 g/mol. The van der Waals surface area contributed by atoms with E-state index in [0.29, 0.717) is 24.1 Å². The lowest BCUT2D eigenvalue weighted by Gasteiger charge is -2.24. The van der Waals surface area contributed by atoms with E-state index in [-0.39, 0.29) is 5.82 Å². The molecule has 108 valence electrons. The summed E-state index contributed by atoms with van der Waals surface area (Å²) in [5.41, 5.74) is 0.710. The largest absolute Gasteiger partial charge is 0.309 e. The van der Waals surface area contributed by atoms with Gasteiger partial charge in [0.25, 0.3) is 0 Å². The molecule has 0 aliphatic heterocycles. The maximum Gasteiger partial charge on any atom is 0.127 e. The van der Waals surface area contributed by atoms with E-state index < -0.39 is 0 Å². The van der Waals surface area contributed by atoms with Crippen LogP contribution in [-0.2, 0) is 6.54 Å². The summed E-state index contributed by atoms with van der Waals surface area (Å²) >= 11 is 3.38. The summed E-state index contributed by atoms with van der Waals surface area (Å²) in [6.07, 6.45) is 1.09. The number of benzene rings is 1. The van der Waals surface area contributed by atoms with Crippen LogP contribution in [0.2, 0.25) is 0 Å². The number of hydrogen-bond acceptors (Lipinski definition) is 2. The summed E-state index contributed by atoms with van der Waals surface area (Å²) in [5.74, 6) is 0.480. The molecule has 0 fully saturated rings. The predicted octanol–water partition coefficient (Wildman–Crippen LogP) is 3.65. The fourth-order valence-corrected chi connectivity index (χ4v) is 2.57. The summed E-state index contributed by atoms with van der Waals surface area (Å²) in [6.45, 7) is 5.96. The van der Waals surface area contributed by atoms with Crippen molar-refractivity contribution in [2.45, 2.75) is 32.9 Å². The molecule has 1 aromatic rings. The fourth-order valence-electron chi connectivity index (χ4n) is 2.17. The highest BCUT2D eigenvalue weighted by molar-refractivity contribution is 9.10. The van der Waals surface area contributed by atoms with Gasteiger partial charge in [-0.3, -0.25) is 0 Å². The Kier molecular flexibility index (Phi) is 6.97. The van der Waals surface area contributed by atoms with Gasteiger partial charge in [-0.05, 0) is 44.6 Å². The molecule has 1 atom stereocenters. The van der Waals surface area contributed by atoms with Gasteiger partial charge < -0.3 is 10.2 Å². The second-order valence-corrected chi connectivity index (χ2v) is 6.62. The van der Waals surface area contributed by atoms with Gasteiger partial charge in [-0.15, -0.1) is 0 Å². The molecule has 0 radical (unpaired) electrons. The smallest absolute Gasteiger partial charge is 0.127 e. The molecule has 4 heteroatoms. The molecule has 0 bridgehead atoms. The van der Waals surface area contributed by atoms with Gasteiger partial charge in [-0.2, -0.15) is 0 Å². The zero-order valence-corrected chi connectivity index (χ0v) is 13.8. The molecule has 1 aromatic carbocycles. The number of nitrogens with one attached hydrogen (secondary N) is 1. The molecular formula is C15H24BrFN2. The quantitative estimate of drug-likeness (QED) is 0.820. The summed E-state index contributed by atoms with van der Waals surface area (Å²) < 4.78 is 14.6. The van der Waals surface area contributed by atoms with Crippen molar-refractivity contribution in [3.63, 3.8) is 0 Å². The van der Waals surface area contributed by atoms with E-state index in [1.54, 1.807) is 6.07 Å². The predicted molar refractivity (Wildman–Crippen MR) is 82.7 cm³/mol. The lowest BCUT2D eigenvalue weighted by molar-refractivity contribution is 0.304. The number of hydrogen-bond donors (Lipinski definition) is 1. The van der Waals surface area contributed by atoms with Crippen LogP contribution in [0.5, 0.6) is 0 Å². The SMILES string of the molecule is CC(C)CC(CN(C)C)NCc1cc(Br)ccc1F. The van der Waals surface area contributed by atoms with Crippen LogP contribution in [0.4, 0.5) is 4.39 Å². The number of nitrogens with zero attached hydrogens (tertiary/aromatic N) is 1. The van der Waals surface area contributed by atoms with Crippen molar-refractivity contribution in [2.75, 3.05) is 20.6 Å². The van der Waals surface area contributed by atoms with E-state index in [4.69, 9.17) is 0 Å². The first-order chi connectivity index (χ1) is 8.88. The van der Waals surface area contributed by atoms with E-state index in [1.165, 1.54) is 6.07 Å². The van der Waals surface area contributed by atoms with Gasteiger partial charge >= 0.3 is 0 Å². The minimum atomic E-state index is -0.149. The molecule has 2 nitrogen and oxygen atoms in total. The first-order valence-electron chi connectivity index (χ1n) is 6.70. The normalized spacial score (nSPS) is 13.3. The molecule has 0 heterocycles. The average Bonchev–Trinajstić information content (AvgIpc) is 2.28. The van der Waals surface area contributed by atoms with Gasteiger partial charge in [0, 0.05) is 29.2 Å². The topological polar surface area (TPSA) is 15.3 Å². The number of likely N-dealkylation sites (N-methyl/N-ethyl adjacent to an activating group) is 1. The first-order valence-corrected chi connectivity index (χ1v) is 7.49. The van der Waals surface area contributed by atoms with Crippen LogP contribution in [0, 0.1) is 11.7 Å². The second kappa shape index (κ2) is 7.98. The summed E-state index contributed by atoms with van der Waals surface area (Å²) in [4.78, 5) is 2.16. The standard InChI is InChI=1S/C15H24BrFN2/c1-11(2)7-14(10-19(3)4)18-9-12-8-13(16)5-6-15(12)17/h5-6,8,11,14,18H,7,9-10H2,1-4H3. The molecule has 0 aliphatic carbocycles. The Hall–Kier alpha value is -0.450. The van der Waals surface area contributed by atoms with Crippen LogP contribution in [0.25, 0.3) is 0 Å². The summed E-state index contributed by atoms with van der Waals surface area (Å²) in [6, 6.07) is 5.45. The van der Waals surface area contributed by atoms with Gasteiger partial charge in [-0.1, -0.05) is 29.8 Å². The second-order valence-electron chi connectivity index (χ2n) is 5.71. The van der Waals surface area contributed by atoms with Crippen LogP contribution < -0.4 is 5.32 Å². The summed E-state index contributed by atoms with van der Waals surface area (Å²) in [5, 5.41) is 3.46. The van der Waals surface area contributed by atoms with E-state index in [2.05, 4.69) is 54.1 Å². The molecule has 19 heavy (non-hydrogen) atoms. The van der Waals surface area contributed by atoms with Gasteiger partial charge in [0.05, 0.1) is 0 Å². The van der Waals surface area contributed by atoms with E-state index in [9.17, 15) is 4.39 Å². The fraction of sp³-hybridized carbons (Fsp3) is 0.600.